The standard InChI is InChI=1S/C23H14ClN3O2S/c24-16-8-4-7-15(11-16)20-10-9-17(29-20)12-18-21(25)27-19(14-5-2-1-3-6-14)13-30-23(27)26-22(18)28/h1-13,25H/b18-12+,25-21?. The highest BCUT2D eigenvalue weighted by molar-refractivity contribution is 8.17. The number of carbonyl (C=O) groups is 1. The lowest BCUT2D eigenvalue weighted by molar-refractivity contribution is -0.114. The average molecular weight is 432 g/mol. The highest BCUT2D eigenvalue weighted by atomic mass is 35.5. The van der Waals surface area contributed by atoms with E-state index < -0.39 is 5.91 Å². The molecular formula is C23H14ClN3O2S. The maximum Gasteiger partial charge on any atom is 0.283 e. The number of amidine groups is 2. The molecule has 5 rings (SSSR count). The molecule has 0 spiro atoms. The quantitative estimate of drug-likeness (QED) is 0.524. The zero-order valence-electron chi connectivity index (χ0n) is 15.5. The maximum absolute atomic E-state index is 12.6. The second-order valence-electron chi connectivity index (χ2n) is 6.64. The van der Waals surface area contributed by atoms with Crippen LogP contribution in [0, 0.1) is 5.41 Å². The third-order valence-electron chi connectivity index (χ3n) is 4.71. The molecule has 0 fully saturated rings. The number of hydrogen-bond acceptors (Lipinski definition) is 4. The molecule has 0 atom stereocenters. The predicted octanol–water partition coefficient (Wildman–Crippen LogP) is 5.90. The first-order valence-corrected chi connectivity index (χ1v) is 10.4. The van der Waals surface area contributed by atoms with Crippen LogP contribution in [0.5, 0.6) is 0 Å². The number of carbonyl (C=O) groups excluding carboxylic acids is 1. The summed E-state index contributed by atoms with van der Waals surface area (Å²) in [6, 6.07) is 20.6. The zero-order chi connectivity index (χ0) is 20.7. The number of aliphatic imine (C=N–C) groups is 1. The third kappa shape index (κ3) is 3.30. The van der Waals surface area contributed by atoms with E-state index in [4.69, 9.17) is 21.4 Å². The molecule has 1 N–H and O–H groups in total. The molecule has 0 bridgehead atoms. The van der Waals surface area contributed by atoms with Gasteiger partial charge in [-0.05, 0) is 35.9 Å². The molecule has 7 heteroatoms. The van der Waals surface area contributed by atoms with Crippen LogP contribution in [0.1, 0.15) is 11.3 Å². The van der Waals surface area contributed by atoms with Crippen LogP contribution >= 0.6 is 23.4 Å². The molecule has 0 saturated carbocycles. The highest BCUT2D eigenvalue weighted by Gasteiger charge is 2.36. The molecule has 2 aliphatic rings. The van der Waals surface area contributed by atoms with Crippen molar-refractivity contribution in [3.8, 4) is 11.3 Å². The lowest BCUT2D eigenvalue weighted by Crippen LogP contribution is -2.37. The van der Waals surface area contributed by atoms with E-state index in [0.29, 0.717) is 21.7 Å². The van der Waals surface area contributed by atoms with Gasteiger partial charge in [0.1, 0.15) is 17.4 Å². The van der Waals surface area contributed by atoms with Gasteiger partial charge < -0.3 is 4.42 Å². The van der Waals surface area contributed by atoms with Gasteiger partial charge in [0.15, 0.2) is 5.17 Å². The minimum absolute atomic E-state index is 0.0748. The van der Waals surface area contributed by atoms with Crippen molar-refractivity contribution in [2.75, 3.05) is 0 Å². The Morgan fingerprint density at radius 3 is 2.63 bits per heavy atom. The lowest BCUT2D eigenvalue weighted by atomic mass is 10.1. The molecule has 2 aromatic carbocycles. The summed E-state index contributed by atoms with van der Waals surface area (Å²) in [5, 5.41) is 11.7. The van der Waals surface area contributed by atoms with Gasteiger partial charge >= 0.3 is 0 Å². The molecule has 3 aromatic rings. The normalized spacial score (nSPS) is 17.2. The van der Waals surface area contributed by atoms with Gasteiger partial charge in [-0.25, -0.2) is 0 Å². The highest BCUT2D eigenvalue weighted by Crippen LogP contribution is 2.37. The topological polar surface area (TPSA) is 69.7 Å². The van der Waals surface area contributed by atoms with Gasteiger partial charge in [-0.15, -0.1) is 0 Å². The van der Waals surface area contributed by atoms with E-state index in [-0.39, 0.29) is 11.4 Å². The number of benzene rings is 2. The molecule has 5 nitrogen and oxygen atoms in total. The largest absolute Gasteiger partial charge is 0.457 e. The first kappa shape index (κ1) is 18.7. The smallest absolute Gasteiger partial charge is 0.283 e. The number of hydrogen-bond donors (Lipinski definition) is 1. The fourth-order valence-electron chi connectivity index (χ4n) is 3.28. The molecule has 0 radical (unpaired) electrons. The SMILES string of the molecule is N=C1/C(=C\c2ccc(-c3cccc(Cl)c3)o2)C(=O)N=C2SC=C(c3ccccc3)N12. The Morgan fingerprint density at radius 2 is 1.83 bits per heavy atom. The van der Waals surface area contributed by atoms with Crippen molar-refractivity contribution in [2.45, 2.75) is 0 Å². The van der Waals surface area contributed by atoms with Crippen LogP contribution in [0.2, 0.25) is 5.02 Å². The van der Waals surface area contributed by atoms with Crippen molar-refractivity contribution in [2.24, 2.45) is 4.99 Å². The fraction of sp³-hybridized carbons (Fsp3) is 0. The molecule has 2 aliphatic heterocycles. The first-order chi connectivity index (χ1) is 14.6. The molecule has 3 heterocycles. The Balaban J connectivity index is 1.49. The number of rotatable bonds is 3. The number of fused-ring (bicyclic) bond motifs is 1. The molecule has 0 saturated heterocycles. The summed E-state index contributed by atoms with van der Waals surface area (Å²) in [7, 11) is 0. The monoisotopic (exact) mass is 431 g/mol. The van der Waals surface area contributed by atoms with E-state index in [9.17, 15) is 4.79 Å². The number of furan rings is 1. The summed E-state index contributed by atoms with van der Waals surface area (Å²) < 4.78 is 5.88. The van der Waals surface area contributed by atoms with Crippen LogP contribution in [0.4, 0.5) is 0 Å². The van der Waals surface area contributed by atoms with Gasteiger partial charge in [0.05, 0.1) is 11.3 Å². The van der Waals surface area contributed by atoms with E-state index in [2.05, 4.69) is 4.99 Å². The van der Waals surface area contributed by atoms with E-state index in [1.165, 1.54) is 11.8 Å². The second kappa shape index (κ2) is 7.48. The van der Waals surface area contributed by atoms with Crippen LogP contribution in [0.25, 0.3) is 23.1 Å². The zero-order valence-corrected chi connectivity index (χ0v) is 17.1. The molecular weight excluding hydrogens is 418 g/mol. The van der Waals surface area contributed by atoms with Crippen molar-refractivity contribution in [3.05, 3.63) is 94.1 Å². The molecule has 30 heavy (non-hydrogen) atoms. The van der Waals surface area contributed by atoms with E-state index in [1.807, 2.05) is 53.9 Å². The van der Waals surface area contributed by atoms with Crippen molar-refractivity contribution in [3.63, 3.8) is 0 Å². The van der Waals surface area contributed by atoms with Gasteiger partial charge in [0, 0.05) is 16.0 Å². The maximum atomic E-state index is 12.6. The minimum atomic E-state index is -0.456. The summed E-state index contributed by atoms with van der Waals surface area (Å²) in [5.74, 6) is 0.715. The van der Waals surface area contributed by atoms with Gasteiger partial charge in [-0.2, -0.15) is 4.99 Å². The van der Waals surface area contributed by atoms with E-state index in [0.717, 1.165) is 16.8 Å². The Kier molecular flexibility index (Phi) is 4.65. The summed E-state index contributed by atoms with van der Waals surface area (Å²) in [5.41, 5.74) is 2.79. The number of amides is 1. The fourth-order valence-corrected chi connectivity index (χ4v) is 4.36. The van der Waals surface area contributed by atoms with E-state index >= 15 is 0 Å². The Labute approximate surface area is 181 Å². The van der Waals surface area contributed by atoms with E-state index in [1.54, 1.807) is 29.2 Å². The number of thioether (sulfide) groups is 1. The van der Waals surface area contributed by atoms with Crippen LogP contribution in [0.3, 0.4) is 0 Å². The van der Waals surface area contributed by atoms with Crippen LogP contribution in [-0.4, -0.2) is 21.8 Å². The summed E-state index contributed by atoms with van der Waals surface area (Å²) in [6.07, 6.45) is 1.56. The first-order valence-electron chi connectivity index (χ1n) is 9.12. The van der Waals surface area contributed by atoms with Gasteiger partial charge in [0.2, 0.25) is 0 Å². The Morgan fingerprint density at radius 1 is 1.03 bits per heavy atom. The van der Waals surface area contributed by atoms with Crippen LogP contribution in [0.15, 0.2) is 87.1 Å². The van der Waals surface area contributed by atoms with Gasteiger partial charge in [0.25, 0.3) is 5.91 Å². The predicted molar refractivity (Wildman–Crippen MR) is 121 cm³/mol. The van der Waals surface area contributed by atoms with Crippen molar-refractivity contribution in [1.29, 1.82) is 5.41 Å². The van der Waals surface area contributed by atoms with Crippen LogP contribution in [-0.2, 0) is 4.79 Å². The molecule has 1 aromatic heterocycles. The van der Waals surface area contributed by atoms with Gasteiger partial charge in [-0.3, -0.25) is 15.1 Å². The molecule has 146 valence electrons. The van der Waals surface area contributed by atoms with Crippen molar-refractivity contribution < 1.29 is 9.21 Å². The number of nitrogens with zero attached hydrogens (tertiary/aromatic N) is 2. The number of nitrogens with one attached hydrogen (secondary N) is 1. The Hall–Kier alpha value is -3.35. The number of halogens is 1. The van der Waals surface area contributed by atoms with Gasteiger partial charge in [-0.1, -0.05) is 65.8 Å². The minimum Gasteiger partial charge on any atom is -0.457 e. The average Bonchev–Trinajstić information content (AvgIpc) is 3.39. The second-order valence-corrected chi connectivity index (χ2v) is 7.91. The van der Waals surface area contributed by atoms with Crippen molar-refractivity contribution >= 4 is 52.0 Å². The molecule has 0 aliphatic carbocycles. The van der Waals surface area contributed by atoms with Crippen molar-refractivity contribution in [1.82, 2.24) is 4.90 Å². The molecule has 1 amide bonds. The Bertz CT molecular complexity index is 1270. The summed E-state index contributed by atoms with van der Waals surface area (Å²) in [6.45, 7) is 0. The summed E-state index contributed by atoms with van der Waals surface area (Å²) in [4.78, 5) is 18.5. The summed E-state index contributed by atoms with van der Waals surface area (Å²) >= 11 is 7.39. The molecule has 0 unspecified atom stereocenters. The third-order valence-corrected chi connectivity index (χ3v) is 5.77. The lowest BCUT2D eigenvalue weighted by Gasteiger charge is -2.26. The van der Waals surface area contributed by atoms with Crippen LogP contribution < -0.4 is 0 Å².